The van der Waals surface area contributed by atoms with Crippen LogP contribution in [0.3, 0.4) is 0 Å². The Labute approximate surface area is 101 Å². The summed E-state index contributed by atoms with van der Waals surface area (Å²) in [4.78, 5) is 11.1. The maximum atomic E-state index is 11.1. The molecular formula is C12H18N2O3. The van der Waals surface area contributed by atoms with Gasteiger partial charge in [0, 0.05) is 12.5 Å². The van der Waals surface area contributed by atoms with Crippen LogP contribution in [0.25, 0.3) is 0 Å². The number of benzene rings is 1. The summed E-state index contributed by atoms with van der Waals surface area (Å²) in [5.74, 6) is 5.40. The lowest BCUT2D eigenvalue weighted by Crippen LogP contribution is -2.30. The Balaban J connectivity index is 2.80. The molecule has 5 nitrogen and oxygen atoms in total. The topological polar surface area (TPSA) is 84.6 Å². The van der Waals surface area contributed by atoms with Crippen molar-refractivity contribution in [1.29, 1.82) is 0 Å². The van der Waals surface area contributed by atoms with Crippen molar-refractivity contribution < 1.29 is 14.6 Å². The summed E-state index contributed by atoms with van der Waals surface area (Å²) in [5, 5.41) is 9.83. The van der Waals surface area contributed by atoms with Crippen molar-refractivity contribution in [3.05, 3.63) is 23.8 Å². The first-order chi connectivity index (χ1) is 8.08. The highest BCUT2D eigenvalue weighted by molar-refractivity contribution is 5.76. The van der Waals surface area contributed by atoms with Crippen molar-refractivity contribution in [2.45, 2.75) is 26.2 Å². The van der Waals surface area contributed by atoms with E-state index in [1.54, 1.807) is 18.2 Å². The van der Waals surface area contributed by atoms with E-state index >= 15 is 0 Å². The van der Waals surface area contributed by atoms with E-state index in [4.69, 9.17) is 10.6 Å². The van der Waals surface area contributed by atoms with Gasteiger partial charge in [0.1, 0.15) is 11.5 Å². The van der Waals surface area contributed by atoms with Crippen molar-refractivity contribution in [3.8, 4) is 11.5 Å². The van der Waals surface area contributed by atoms with Crippen molar-refractivity contribution in [1.82, 2.24) is 5.43 Å². The Morgan fingerprint density at radius 3 is 2.82 bits per heavy atom. The van der Waals surface area contributed by atoms with E-state index in [9.17, 15) is 9.90 Å². The first-order valence-corrected chi connectivity index (χ1v) is 5.53. The molecule has 1 aromatic rings. The minimum absolute atomic E-state index is 0.103. The molecule has 0 radical (unpaired) electrons. The monoisotopic (exact) mass is 238 g/mol. The number of ether oxygens (including phenoxy) is 1. The molecule has 0 heterocycles. The Morgan fingerprint density at radius 1 is 1.59 bits per heavy atom. The van der Waals surface area contributed by atoms with Gasteiger partial charge >= 0.3 is 0 Å². The number of hydrazine groups is 1. The number of nitrogens with two attached hydrogens (primary N) is 1. The number of carbonyl (C=O) groups is 1. The molecule has 0 aromatic heterocycles. The molecule has 0 saturated heterocycles. The number of phenols is 1. The number of rotatable bonds is 5. The van der Waals surface area contributed by atoms with Crippen LogP contribution in [0.4, 0.5) is 0 Å². The van der Waals surface area contributed by atoms with Crippen molar-refractivity contribution in [2.24, 2.45) is 5.84 Å². The Kier molecular flexibility index (Phi) is 4.78. The molecule has 0 aliphatic heterocycles. The van der Waals surface area contributed by atoms with Crippen LogP contribution in [-0.4, -0.2) is 17.6 Å². The van der Waals surface area contributed by atoms with Gasteiger partial charge in [-0.05, 0) is 24.5 Å². The molecule has 0 aliphatic carbocycles. The highest BCUT2D eigenvalue weighted by Gasteiger charge is 2.14. The smallest absolute Gasteiger partial charge is 0.234 e. The minimum atomic E-state index is -0.259. The van der Waals surface area contributed by atoms with Gasteiger partial charge in [-0.15, -0.1) is 0 Å². The quantitative estimate of drug-likeness (QED) is 0.410. The van der Waals surface area contributed by atoms with Gasteiger partial charge in [-0.25, -0.2) is 5.84 Å². The fourth-order valence-electron chi connectivity index (χ4n) is 1.64. The zero-order valence-corrected chi connectivity index (χ0v) is 10.1. The second-order valence-electron chi connectivity index (χ2n) is 3.83. The largest absolute Gasteiger partial charge is 0.508 e. The van der Waals surface area contributed by atoms with Crippen molar-refractivity contribution >= 4 is 5.91 Å². The normalized spacial score (nSPS) is 11.9. The van der Waals surface area contributed by atoms with Crippen molar-refractivity contribution in [3.63, 3.8) is 0 Å². The zero-order valence-electron chi connectivity index (χ0n) is 10.1. The van der Waals surface area contributed by atoms with Gasteiger partial charge in [-0.3, -0.25) is 10.2 Å². The molecule has 1 amide bonds. The predicted molar refractivity (Wildman–Crippen MR) is 64.6 cm³/mol. The number of carbonyl (C=O) groups excluding carboxylic acids is 1. The van der Waals surface area contributed by atoms with E-state index in [0.29, 0.717) is 17.9 Å². The van der Waals surface area contributed by atoms with Gasteiger partial charge in [-0.1, -0.05) is 13.0 Å². The van der Waals surface area contributed by atoms with E-state index in [1.165, 1.54) is 0 Å². The fourth-order valence-corrected chi connectivity index (χ4v) is 1.64. The third-order valence-corrected chi connectivity index (χ3v) is 2.50. The molecule has 5 heteroatoms. The molecule has 1 unspecified atom stereocenters. The molecule has 1 aromatic carbocycles. The van der Waals surface area contributed by atoms with E-state index in [2.05, 4.69) is 5.43 Å². The van der Waals surface area contributed by atoms with Crippen LogP contribution in [0.5, 0.6) is 11.5 Å². The SMILES string of the molecule is CCOc1ccc(C(C)CC(=O)NN)c(O)c1. The molecule has 17 heavy (non-hydrogen) atoms. The van der Waals surface area contributed by atoms with E-state index in [-0.39, 0.29) is 24.0 Å². The Morgan fingerprint density at radius 2 is 2.29 bits per heavy atom. The molecule has 0 fully saturated rings. The number of hydrogen-bond donors (Lipinski definition) is 3. The van der Waals surface area contributed by atoms with E-state index in [0.717, 1.165) is 0 Å². The standard InChI is InChI=1S/C12H18N2O3/c1-3-17-9-4-5-10(11(15)7-9)8(2)6-12(16)14-13/h4-5,7-8,15H,3,6,13H2,1-2H3,(H,14,16). The van der Waals surface area contributed by atoms with Gasteiger partial charge < -0.3 is 9.84 Å². The third kappa shape index (κ3) is 3.64. The third-order valence-electron chi connectivity index (χ3n) is 2.50. The van der Waals surface area contributed by atoms with E-state index < -0.39 is 0 Å². The summed E-state index contributed by atoms with van der Waals surface area (Å²) in [5.41, 5.74) is 2.78. The highest BCUT2D eigenvalue weighted by atomic mass is 16.5. The lowest BCUT2D eigenvalue weighted by Gasteiger charge is -2.13. The molecular weight excluding hydrogens is 220 g/mol. The lowest BCUT2D eigenvalue weighted by atomic mass is 9.96. The molecule has 94 valence electrons. The van der Waals surface area contributed by atoms with Crippen LogP contribution in [-0.2, 0) is 4.79 Å². The first-order valence-electron chi connectivity index (χ1n) is 5.53. The van der Waals surface area contributed by atoms with Gasteiger partial charge in [-0.2, -0.15) is 0 Å². The highest BCUT2D eigenvalue weighted by Crippen LogP contribution is 2.31. The van der Waals surface area contributed by atoms with Crippen LogP contribution < -0.4 is 16.0 Å². The first kappa shape index (κ1) is 13.3. The maximum absolute atomic E-state index is 11.1. The Hall–Kier alpha value is -1.75. The summed E-state index contributed by atoms with van der Waals surface area (Å²) in [6.45, 7) is 4.27. The van der Waals surface area contributed by atoms with Gasteiger partial charge in [0.2, 0.25) is 5.91 Å². The summed E-state index contributed by atoms with van der Waals surface area (Å²) in [7, 11) is 0. The number of hydrogen-bond acceptors (Lipinski definition) is 4. The molecule has 0 saturated carbocycles. The molecule has 1 atom stereocenters. The number of amides is 1. The molecule has 0 bridgehead atoms. The number of phenolic OH excluding ortho intramolecular Hbond substituents is 1. The van der Waals surface area contributed by atoms with Crippen LogP contribution in [0, 0.1) is 0 Å². The zero-order chi connectivity index (χ0) is 12.8. The molecule has 1 rings (SSSR count). The second kappa shape index (κ2) is 6.10. The summed E-state index contributed by atoms with van der Waals surface area (Å²) < 4.78 is 5.26. The van der Waals surface area contributed by atoms with Crippen LogP contribution in [0.1, 0.15) is 31.7 Å². The minimum Gasteiger partial charge on any atom is -0.508 e. The maximum Gasteiger partial charge on any atom is 0.234 e. The molecule has 4 N–H and O–H groups in total. The molecule has 0 spiro atoms. The molecule has 0 aliphatic rings. The van der Waals surface area contributed by atoms with Crippen LogP contribution in [0.2, 0.25) is 0 Å². The Bertz CT molecular complexity index is 393. The van der Waals surface area contributed by atoms with Crippen molar-refractivity contribution in [2.75, 3.05) is 6.61 Å². The predicted octanol–water partition coefficient (Wildman–Crippen LogP) is 1.27. The number of nitrogens with one attached hydrogen (secondary N) is 1. The summed E-state index contributed by atoms with van der Waals surface area (Å²) in [6.07, 6.45) is 0.234. The summed E-state index contributed by atoms with van der Waals surface area (Å²) in [6, 6.07) is 5.08. The van der Waals surface area contributed by atoms with Crippen LogP contribution >= 0.6 is 0 Å². The lowest BCUT2D eigenvalue weighted by molar-refractivity contribution is -0.121. The second-order valence-corrected chi connectivity index (χ2v) is 3.83. The summed E-state index contributed by atoms with van der Waals surface area (Å²) >= 11 is 0. The number of aromatic hydroxyl groups is 1. The average Bonchev–Trinajstić information content (AvgIpc) is 2.29. The average molecular weight is 238 g/mol. The van der Waals surface area contributed by atoms with Gasteiger partial charge in [0.25, 0.3) is 0 Å². The van der Waals surface area contributed by atoms with E-state index in [1.807, 2.05) is 13.8 Å². The van der Waals surface area contributed by atoms with Gasteiger partial charge in [0.05, 0.1) is 6.61 Å². The fraction of sp³-hybridized carbons (Fsp3) is 0.417. The van der Waals surface area contributed by atoms with Gasteiger partial charge in [0.15, 0.2) is 0 Å². The van der Waals surface area contributed by atoms with Crippen LogP contribution in [0.15, 0.2) is 18.2 Å².